The Balaban J connectivity index is 1.77. The number of primary amides is 1. The van der Waals surface area contributed by atoms with Gasteiger partial charge in [0.15, 0.2) is 17.7 Å². The summed E-state index contributed by atoms with van der Waals surface area (Å²) in [7, 11) is 1.50. The van der Waals surface area contributed by atoms with E-state index in [1.807, 2.05) is 0 Å². The first-order chi connectivity index (χ1) is 12.5. The lowest BCUT2D eigenvalue weighted by Gasteiger charge is -2.17. The molecule has 4 rings (SSSR count). The molecular formula is C16H15FN4O5. The molecule has 0 bridgehead atoms. The molecule has 1 aromatic carbocycles. The third kappa shape index (κ3) is 2.33. The van der Waals surface area contributed by atoms with Gasteiger partial charge in [0.25, 0.3) is 5.91 Å². The Hall–Kier alpha value is -3.30. The highest BCUT2D eigenvalue weighted by atomic mass is 19.1. The number of aromatic nitrogens is 2. The van der Waals surface area contributed by atoms with Crippen molar-refractivity contribution in [3.63, 3.8) is 0 Å². The molecule has 0 radical (unpaired) electrons. The van der Waals surface area contributed by atoms with Crippen LogP contribution in [0.1, 0.15) is 5.56 Å². The summed E-state index contributed by atoms with van der Waals surface area (Å²) in [6, 6.07) is 3.03. The van der Waals surface area contributed by atoms with Crippen molar-refractivity contribution >= 4 is 17.7 Å². The Morgan fingerprint density at radius 2 is 2.31 bits per heavy atom. The number of rotatable bonds is 3. The number of aromatic amines is 1. The van der Waals surface area contributed by atoms with Crippen molar-refractivity contribution in [2.24, 2.45) is 5.73 Å². The predicted octanol–water partition coefficient (Wildman–Crippen LogP) is 0.970. The van der Waals surface area contributed by atoms with Crippen molar-refractivity contribution in [3.05, 3.63) is 23.5 Å². The molecule has 0 saturated carbocycles. The smallest absolute Gasteiger partial charge is 0.415 e. The van der Waals surface area contributed by atoms with Crippen LogP contribution < -0.4 is 20.1 Å². The molecule has 1 atom stereocenters. The number of H-pyrrole nitrogens is 1. The number of benzene rings is 1. The van der Waals surface area contributed by atoms with Gasteiger partial charge in [-0.25, -0.2) is 9.18 Å². The molecule has 9 nitrogen and oxygen atoms in total. The zero-order valence-corrected chi connectivity index (χ0v) is 13.7. The van der Waals surface area contributed by atoms with Crippen LogP contribution in [0.15, 0.2) is 12.1 Å². The van der Waals surface area contributed by atoms with E-state index in [2.05, 4.69) is 10.2 Å². The normalized spacial score (nSPS) is 18.5. The van der Waals surface area contributed by atoms with Gasteiger partial charge in [-0.2, -0.15) is 0 Å². The molecule has 2 aliphatic rings. The van der Waals surface area contributed by atoms with Gasteiger partial charge in [-0.1, -0.05) is 0 Å². The van der Waals surface area contributed by atoms with Crippen molar-refractivity contribution in [2.75, 3.05) is 25.2 Å². The van der Waals surface area contributed by atoms with E-state index in [1.165, 1.54) is 13.2 Å². The molecule has 26 heavy (non-hydrogen) atoms. The van der Waals surface area contributed by atoms with Gasteiger partial charge in [0.1, 0.15) is 0 Å². The van der Waals surface area contributed by atoms with E-state index in [4.69, 9.17) is 19.9 Å². The first-order valence-electron chi connectivity index (χ1n) is 7.85. The number of cyclic esters (lactones) is 1. The molecule has 0 aliphatic carbocycles. The lowest BCUT2D eigenvalue weighted by atomic mass is 10.0. The lowest BCUT2D eigenvalue weighted by molar-refractivity contribution is -0.124. The van der Waals surface area contributed by atoms with Crippen LogP contribution in [0.25, 0.3) is 11.3 Å². The van der Waals surface area contributed by atoms with Crippen molar-refractivity contribution in [1.29, 1.82) is 0 Å². The fourth-order valence-corrected chi connectivity index (χ4v) is 3.13. The third-order valence-electron chi connectivity index (χ3n) is 4.39. The number of carbonyl (C=O) groups is 2. The highest BCUT2D eigenvalue weighted by molar-refractivity contribution is 5.96. The van der Waals surface area contributed by atoms with E-state index >= 15 is 4.39 Å². The maximum atomic E-state index is 15.1. The largest absolute Gasteiger partial charge is 0.489 e. The number of nitrogens with two attached hydrogens (primary N) is 1. The van der Waals surface area contributed by atoms with E-state index in [-0.39, 0.29) is 24.6 Å². The molecular weight excluding hydrogens is 347 g/mol. The van der Waals surface area contributed by atoms with Crippen LogP contribution >= 0.6 is 0 Å². The lowest BCUT2D eigenvalue weighted by Crippen LogP contribution is -2.32. The van der Waals surface area contributed by atoms with E-state index in [9.17, 15) is 9.59 Å². The van der Waals surface area contributed by atoms with Gasteiger partial charge >= 0.3 is 6.09 Å². The van der Waals surface area contributed by atoms with Crippen molar-refractivity contribution < 1.29 is 28.2 Å². The number of hydrogen-bond acceptors (Lipinski definition) is 6. The Labute approximate surface area is 146 Å². The quantitative estimate of drug-likeness (QED) is 0.840. The van der Waals surface area contributed by atoms with E-state index in [0.29, 0.717) is 23.6 Å². The molecule has 0 unspecified atom stereocenters. The van der Waals surface area contributed by atoms with Crippen molar-refractivity contribution in [2.45, 2.75) is 12.5 Å². The highest BCUT2D eigenvalue weighted by Gasteiger charge is 2.38. The molecule has 3 N–H and O–H groups in total. The van der Waals surface area contributed by atoms with E-state index < -0.39 is 23.9 Å². The fourth-order valence-electron chi connectivity index (χ4n) is 3.13. The average Bonchev–Trinajstić information content (AvgIpc) is 3.14. The van der Waals surface area contributed by atoms with Gasteiger partial charge < -0.3 is 19.9 Å². The van der Waals surface area contributed by atoms with Crippen LogP contribution in [0, 0.1) is 5.82 Å². The summed E-state index contributed by atoms with van der Waals surface area (Å²) in [5.74, 6) is -1.11. The number of ether oxygens (including phenoxy) is 3. The minimum atomic E-state index is -1.12. The third-order valence-corrected chi connectivity index (χ3v) is 4.39. The number of hydrogen-bond donors (Lipinski definition) is 2. The monoisotopic (exact) mass is 362 g/mol. The van der Waals surface area contributed by atoms with Crippen LogP contribution in [0.3, 0.4) is 0 Å². The Kier molecular flexibility index (Phi) is 3.67. The van der Waals surface area contributed by atoms with Gasteiger partial charge in [-0.3, -0.25) is 14.8 Å². The average molecular weight is 362 g/mol. The molecule has 0 spiro atoms. The summed E-state index contributed by atoms with van der Waals surface area (Å²) in [6.07, 6.45) is -1.48. The fraction of sp³-hybridized carbons (Fsp3) is 0.312. The summed E-state index contributed by atoms with van der Waals surface area (Å²) < 4.78 is 30.8. The second-order valence-corrected chi connectivity index (χ2v) is 5.85. The topological polar surface area (TPSA) is 120 Å². The second kappa shape index (κ2) is 5.90. The van der Waals surface area contributed by atoms with Gasteiger partial charge in [0.05, 0.1) is 31.6 Å². The van der Waals surface area contributed by atoms with Crippen LogP contribution in [-0.2, 0) is 16.0 Å². The SMILES string of the molecule is COc1n[nH]c2c1CCOc1c-2ccc(N2C[C@H](C(N)=O)OC2=O)c1F. The molecule has 2 amide bonds. The molecule has 1 fully saturated rings. The van der Waals surface area contributed by atoms with Crippen LogP contribution in [-0.4, -0.2) is 48.6 Å². The zero-order chi connectivity index (χ0) is 18.4. The standard InChI is InChI=1S/C16H15FN4O5/c1-24-15-8-4-5-25-13-7(12(8)19-20-15)2-3-9(11(13)17)21-6-10(14(18)22)26-16(21)23/h2-3,10H,4-6H2,1H3,(H2,18,22)(H,19,20)/t10-/m1/s1. The van der Waals surface area contributed by atoms with Crippen LogP contribution in [0.4, 0.5) is 14.9 Å². The van der Waals surface area contributed by atoms with Gasteiger partial charge in [-0.15, -0.1) is 5.10 Å². The summed E-state index contributed by atoms with van der Waals surface area (Å²) in [4.78, 5) is 24.2. The summed E-state index contributed by atoms with van der Waals surface area (Å²) >= 11 is 0. The molecule has 3 heterocycles. The first-order valence-corrected chi connectivity index (χ1v) is 7.85. The second-order valence-electron chi connectivity index (χ2n) is 5.85. The number of nitrogens with one attached hydrogen (secondary N) is 1. The van der Waals surface area contributed by atoms with Gasteiger partial charge in [0, 0.05) is 17.5 Å². The Morgan fingerprint density at radius 1 is 1.50 bits per heavy atom. The summed E-state index contributed by atoms with van der Waals surface area (Å²) in [5, 5.41) is 6.90. The van der Waals surface area contributed by atoms with Crippen molar-refractivity contribution in [1.82, 2.24) is 10.2 Å². The van der Waals surface area contributed by atoms with E-state index in [0.717, 1.165) is 10.5 Å². The number of halogens is 1. The number of amides is 2. The zero-order valence-electron chi connectivity index (χ0n) is 13.7. The molecule has 2 aliphatic heterocycles. The molecule has 2 aromatic rings. The predicted molar refractivity (Wildman–Crippen MR) is 86.5 cm³/mol. The van der Waals surface area contributed by atoms with E-state index in [1.54, 1.807) is 6.07 Å². The van der Waals surface area contributed by atoms with Gasteiger partial charge in [-0.05, 0) is 12.1 Å². The molecule has 136 valence electrons. The van der Waals surface area contributed by atoms with Crippen molar-refractivity contribution in [3.8, 4) is 22.9 Å². The maximum Gasteiger partial charge on any atom is 0.415 e. The molecule has 10 heteroatoms. The Bertz CT molecular complexity index is 912. The number of nitrogens with zero attached hydrogens (tertiary/aromatic N) is 2. The van der Waals surface area contributed by atoms with Crippen LogP contribution in [0.2, 0.25) is 0 Å². The summed E-state index contributed by atoms with van der Waals surface area (Å²) in [6.45, 7) is 0.0532. The molecule has 1 saturated heterocycles. The number of carbonyl (C=O) groups excluding carboxylic acids is 2. The highest BCUT2D eigenvalue weighted by Crippen LogP contribution is 2.42. The minimum Gasteiger partial charge on any atom is -0.489 e. The minimum absolute atomic E-state index is 0.0112. The number of fused-ring (bicyclic) bond motifs is 3. The molecule has 1 aromatic heterocycles. The van der Waals surface area contributed by atoms with Crippen LogP contribution in [0.5, 0.6) is 11.6 Å². The number of anilines is 1. The maximum absolute atomic E-state index is 15.1. The first kappa shape index (κ1) is 16.2. The number of methoxy groups -OCH3 is 1. The Morgan fingerprint density at radius 3 is 3.00 bits per heavy atom. The van der Waals surface area contributed by atoms with Gasteiger partial charge in [0.2, 0.25) is 5.88 Å². The summed E-state index contributed by atoms with van der Waals surface area (Å²) in [5.41, 5.74) is 6.95.